The lowest BCUT2D eigenvalue weighted by Gasteiger charge is -2.56. The maximum atomic E-state index is 12.4. The molecule has 6 nitrogen and oxygen atoms in total. The van der Waals surface area contributed by atoms with Gasteiger partial charge in [-0.25, -0.2) is 0 Å². The Labute approximate surface area is 148 Å². The zero-order valence-electron chi connectivity index (χ0n) is 14.8. The minimum atomic E-state index is -0.271. The summed E-state index contributed by atoms with van der Waals surface area (Å²) >= 11 is 0. The highest BCUT2D eigenvalue weighted by atomic mass is 16.5. The van der Waals surface area contributed by atoms with E-state index in [-0.39, 0.29) is 22.9 Å². The molecule has 0 aliphatic heterocycles. The van der Waals surface area contributed by atoms with Crippen molar-refractivity contribution in [2.45, 2.75) is 51.9 Å². The van der Waals surface area contributed by atoms with Crippen LogP contribution >= 0.6 is 0 Å². The van der Waals surface area contributed by atoms with Gasteiger partial charge in [0.2, 0.25) is 5.91 Å². The number of carbonyl (C=O) groups is 2. The quantitative estimate of drug-likeness (QED) is 0.776. The summed E-state index contributed by atoms with van der Waals surface area (Å²) in [4.78, 5) is 24.2. The molecule has 1 aromatic rings. The van der Waals surface area contributed by atoms with E-state index in [0.29, 0.717) is 25.3 Å². The fourth-order valence-corrected chi connectivity index (χ4v) is 5.85. The predicted octanol–water partition coefficient (Wildman–Crippen LogP) is 2.44. The second-order valence-corrected chi connectivity index (χ2v) is 8.52. The van der Waals surface area contributed by atoms with Gasteiger partial charge in [-0.2, -0.15) is 0 Å². The highest BCUT2D eigenvalue weighted by Gasteiger charge is 2.51. The van der Waals surface area contributed by atoms with Gasteiger partial charge in [-0.05, 0) is 68.6 Å². The van der Waals surface area contributed by atoms with E-state index in [4.69, 9.17) is 4.52 Å². The summed E-state index contributed by atoms with van der Waals surface area (Å²) in [6.45, 7) is 2.60. The molecular formula is C19H27N3O3. The number of aryl methyl sites for hydroxylation is 1. The van der Waals surface area contributed by atoms with Crippen molar-refractivity contribution in [1.82, 2.24) is 15.8 Å². The molecule has 4 fully saturated rings. The topological polar surface area (TPSA) is 84.2 Å². The SMILES string of the molecule is Cc1cc(C(=O)NCCNC(=O)CC23CC4CC(CC(C4)C2)C3)no1. The van der Waals surface area contributed by atoms with Crippen LogP contribution in [0.15, 0.2) is 10.6 Å². The van der Waals surface area contributed by atoms with Crippen LogP contribution < -0.4 is 10.6 Å². The Hall–Kier alpha value is -1.85. The van der Waals surface area contributed by atoms with E-state index in [2.05, 4.69) is 15.8 Å². The number of hydrogen-bond acceptors (Lipinski definition) is 4. The first-order valence-corrected chi connectivity index (χ1v) is 9.50. The van der Waals surface area contributed by atoms with Crippen molar-refractivity contribution in [2.75, 3.05) is 13.1 Å². The summed E-state index contributed by atoms with van der Waals surface area (Å²) in [6, 6.07) is 1.60. The molecule has 0 spiro atoms. The lowest BCUT2D eigenvalue weighted by molar-refractivity contribution is -0.129. The molecule has 4 aliphatic rings. The van der Waals surface area contributed by atoms with E-state index >= 15 is 0 Å². The number of aromatic nitrogens is 1. The zero-order valence-corrected chi connectivity index (χ0v) is 14.8. The van der Waals surface area contributed by atoms with Gasteiger partial charge in [0.1, 0.15) is 5.76 Å². The van der Waals surface area contributed by atoms with Gasteiger partial charge in [-0.1, -0.05) is 5.16 Å². The van der Waals surface area contributed by atoms with Gasteiger partial charge in [0.05, 0.1) is 0 Å². The standard InChI is InChI=1S/C19H27N3O3/c1-12-4-16(22-25-12)18(24)21-3-2-20-17(23)11-19-8-13-5-14(9-19)7-15(6-13)10-19/h4,13-15H,2-3,5-11H2,1H3,(H,20,23)(H,21,24). The Balaban J connectivity index is 1.20. The Kier molecular flexibility index (Phi) is 4.29. The van der Waals surface area contributed by atoms with Crippen molar-refractivity contribution in [2.24, 2.45) is 23.2 Å². The smallest absolute Gasteiger partial charge is 0.273 e. The molecule has 5 rings (SSSR count). The van der Waals surface area contributed by atoms with Gasteiger partial charge < -0.3 is 15.2 Å². The van der Waals surface area contributed by atoms with Gasteiger partial charge in [0, 0.05) is 25.6 Å². The summed E-state index contributed by atoms with van der Waals surface area (Å²) in [5.41, 5.74) is 0.540. The second-order valence-electron chi connectivity index (χ2n) is 8.52. The van der Waals surface area contributed by atoms with E-state index in [1.807, 2.05) is 0 Å². The molecule has 136 valence electrons. The first-order chi connectivity index (χ1) is 12.0. The Morgan fingerprint density at radius 1 is 1.12 bits per heavy atom. The Morgan fingerprint density at radius 3 is 2.28 bits per heavy atom. The minimum Gasteiger partial charge on any atom is -0.361 e. The van der Waals surface area contributed by atoms with E-state index in [1.165, 1.54) is 38.5 Å². The molecule has 4 saturated carbocycles. The van der Waals surface area contributed by atoms with E-state index < -0.39 is 0 Å². The van der Waals surface area contributed by atoms with Crippen molar-refractivity contribution in [1.29, 1.82) is 0 Å². The molecule has 0 saturated heterocycles. The summed E-state index contributed by atoms with van der Waals surface area (Å²) in [6.07, 6.45) is 8.59. The molecule has 0 unspecified atom stereocenters. The molecular weight excluding hydrogens is 318 g/mol. The second kappa shape index (κ2) is 6.46. The molecule has 1 aromatic heterocycles. The van der Waals surface area contributed by atoms with Gasteiger partial charge in [-0.15, -0.1) is 0 Å². The van der Waals surface area contributed by atoms with Crippen molar-refractivity contribution >= 4 is 11.8 Å². The number of hydrogen-bond donors (Lipinski definition) is 2. The highest BCUT2D eigenvalue weighted by molar-refractivity contribution is 5.92. The van der Waals surface area contributed by atoms with Gasteiger partial charge >= 0.3 is 0 Å². The first-order valence-electron chi connectivity index (χ1n) is 9.50. The fourth-order valence-electron chi connectivity index (χ4n) is 5.85. The first kappa shape index (κ1) is 16.6. The zero-order chi connectivity index (χ0) is 17.4. The van der Waals surface area contributed by atoms with Crippen LogP contribution in [0.5, 0.6) is 0 Å². The van der Waals surface area contributed by atoms with E-state index in [0.717, 1.165) is 17.8 Å². The molecule has 0 atom stereocenters. The third-order valence-electron chi connectivity index (χ3n) is 6.29. The molecule has 6 heteroatoms. The molecule has 0 radical (unpaired) electrons. The third-order valence-corrected chi connectivity index (χ3v) is 6.29. The van der Waals surface area contributed by atoms with Crippen LogP contribution in [0.4, 0.5) is 0 Å². The molecule has 25 heavy (non-hydrogen) atoms. The summed E-state index contributed by atoms with van der Waals surface area (Å²) < 4.78 is 4.88. The van der Waals surface area contributed by atoms with Crippen LogP contribution in [0.3, 0.4) is 0 Å². The predicted molar refractivity (Wildman–Crippen MR) is 91.8 cm³/mol. The van der Waals surface area contributed by atoms with Crippen LogP contribution in [0.25, 0.3) is 0 Å². The Morgan fingerprint density at radius 2 is 1.72 bits per heavy atom. The minimum absolute atomic E-state index is 0.133. The van der Waals surface area contributed by atoms with E-state index in [1.54, 1.807) is 13.0 Å². The number of carbonyl (C=O) groups excluding carboxylic acids is 2. The summed E-state index contributed by atoms with van der Waals surface area (Å²) in [7, 11) is 0. The molecule has 4 aliphatic carbocycles. The highest BCUT2D eigenvalue weighted by Crippen LogP contribution is 2.61. The Bertz CT molecular complexity index is 631. The lowest BCUT2D eigenvalue weighted by Crippen LogP contribution is -2.48. The van der Waals surface area contributed by atoms with Crippen LogP contribution in [-0.4, -0.2) is 30.1 Å². The van der Waals surface area contributed by atoms with Crippen LogP contribution in [0, 0.1) is 30.1 Å². The number of nitrogens with zero attached hydrogens (tertiary/aromatic N) is 1. The van der Waals surface area contributed by atoms with E-state index in [9.17, 15) is 9.59 Å². The van der Waals surface area contributed by atoms with Crippen LogP contribution in [-0.2, 0) is 4.79 Å². The van der Waals surface area contributed by atoms with Crippen molar-refractivity contribution in [3.63, 3.8) is 0 Å². The number of amides is 2. The van der Waals surface area contributed by atoms with Crippen molar-refractivity contribution in [3.05, 3.63) is 17.5 Å². The average Bonchev–Trinajstić information content (AvgIpc) is 2.96. The normalized spacial score (nSPS) is 32.6. The van der Waals surface area contributed by atoms with Crippen LogP contribution in [0.1, 0.15) is 61.2 Å². The fraction of sp³-hybridized carbons (Fsp3) is 0.737. The molecule has 1 heterocycles. The lowest BCUT2D eigenvalue weighted by atomic mass is 9.49. The largest absolute Gasteiger partial charge is 0.361 e. The van der Waals surface area contributed by atoms with Gasteiger partial charge in [0.15, 0.2) is 5.69 Å². The van der Waals surface area contributed by atoms with Gasteiger partial charge in [0.25, 0.3) is 5.91 Å². The summed E-state index contributed by atoms with van der Waals surface area (Å²) in [5, 5.41) is 9.40. The van der Waals surface area contributed by atoms with Gasteiger partial charge in [-0.3, -0.25) is 9.59 Å². The third kappa shape index (κ3) is 3.58. The molecule has 0 aromatic carbocycles. The maximum Gasteiger partial charge on any atom is 0.273 e. The monoisotopic (exact) mass is 345 g/mol. The average molecular weight is 345 g/mol. The number of rotatable bonds is 6. The molecule has 4 bridgehead atoms. The molecule has 2 N–H and O–H groups in total. The number of nitrogens with one attached hydrogen (secondary N) is 2. The van der Waals surface area contributed by atoms with Crippen molar-refractivity contribution < 1.29 is 14.1 Å². The maximum absolute atomic E-state index is 12.4. The van der Waals surface area contributed by atoms with Crippen LogP contribution in [0.2, 0.25) is 0 Å². The summed E-state index contributed by atoms with van der Waals surface area (Å²) in [5.74, 6) is 3.06. The van der Waals surface area contributed by atoms with Crippen molar-refractivity contribution in [3.8, 4) is 0 Å². The molecule has 2 amide bonds.